The summed E-state index contributed by atoms with van der Waals surface area (Å²) in [6, 6.07) is 18.4. The van der Waals surface area contributed by atoms with Crippen molar-refractivity contribution in [3.05, 3.63) is 71.3 Å². The molecule has 2 aromatic rings. The molecular formula is C19H20O. The Balaban J connectivity index is 2.06. The topological polar surface area (TPSA) is 20.2 Å². The van der Waals surface area contributed by atoms with E-state index in [1.807, 2.05) is 36.4 Å². The molecule has 2 aromatic carbocycles. The maximum atomic E-state index is 9.12. The van der Waals surface area contributed by atoms with Gasteiger partial charge in [-0.05, 0) is 35.6 Å². The van der Waals surface area contributed by atoms with E-state index in [1.54, 1.807) is 0 Å². The van der Waals surface area contributed by atoms with Gasteiger partial charge in [-0.2, -0.15) is 0 Å². The van der Waals surface area contributed by atoms with Crippen LogP contribution in [0.5, 0.6) is 0 Å². The van der Waals surface area contributed by atoms with Gasteiger partial charge in [0.15, 0.2) is 0 Å². The van der Waals surface area contributed by atoms with Crippen molar-refractivity contribution in [1.82, 2.24) is 0 Å². The number of hydrogen-bond acceptors (Lipinski definition) is 1. The Labute approximate surface area is 121 Å². The molecule has 1 atom stereocenters. The molecular weight excluding hydrogens is 244 g/mol. The second-order valence-corrected chi connectivity index (χ2v) is 4.95. The highest BCUT2D eigenvalue weighted by Crippen LogP contribution is 2.22. The normalized spacial score (nSPS) is 11.5. The van der Waals surface area contributed by atoms with E-state index in [9.17, 15) is 0 Å². The lowest BCUT2D eigenvalue weighted by molar-refractivity contribution is 0.299. The van der Waals surface area contributed by atoms with Gasteiger partial charge in [-0.3, -0.25) is 0 Å². The molecule has 0 spiro atoms. The van der Waals surface area contributed by atoms with Crippen LogP contribution in [0.15, 0.2) is 54.6 Å². The zero-order chi connectivity index (χ0) is 14.2. The van der Waals surface area contributed by atoms with Crippen LogP contribution in [0.1, 0.15) is 36.0 Å². The Kier molecular flexibility index (Phi) is 5.41. The van der Waals surface area contributed by atoms with E-state index >= 15 is 0 Å². The van der Waals surface area contributed by atoms with Gasteiger partial charge < -0.3 is 5.11 Å². The summed E-state index contributed by atoms with van der Waals surface area (Å²) in [5.74, 6) is 6.84. The molecule has 20 heavy (non-hydrogen) atoms. The molecule has 102 valence electrons. The number of benzene rings is 2. The largest absolute Gasteiger partial charge is 0.396 e. The lowest BCUT2D eigenvalue weighted by Gasteiger charge is -2.13. The third kappa shape index (κ3) is 3.98. The first-order valence-electron chi connectivity index (χ1n) is 7.04. The molecule has 1 unspecified atom stereocenters. The van der Waals surface area contributed by atoms with Gasteiger partial charge >= 0.3 is 0 Å². The van der Waals surface area contributed by atoms with E-state index in [0.717, 1.165) is 12.0 Å². The first kappa shape index (κ1) is 14.4. The summed E-state index contributed by atoms with van der Waals surface area (Å²) in [7, 11) is 0. The van der Waals surface area contributed by atoms with Crippen LogP contribution in [0.2, 0.25) is 0 Å². The molecule has 0 fully saturated rings. The highest BCUT2D eigenvalue weighted by Gasteiger charge is 2.08. The van der Waals surface area contributed by atoms with Crippen molar-refractivity contribution >= 4 is 0 Å². The van der Waals surface area contributed by atoms with Crippen molar-refractivity contribution in [3.8, 4) is 11.8 Å². The maximum Gasteiger partial charge on any atom is 0.0471 e. The molecule has 1 N–H and O–H groups in total. The summed E-state index contributed by atoms with van der Waals surface area (Å²) in [5, 5.41) is 9.12. The molecule has 0 bridgehead atoms. The molecule has 0 saturated heterocycles. The molecule has 0 heterocycles. The van der Waals surface area contributed by atoms with Crippen molar-refractivity contribution in [1.29, 1.82) is 0 Å². The zero-order valence-corrected chi connectivity index (χ0v) is 11.8. The van der Waals surface area contributed by atoms with E-state index in [1.165, 1.54) is 11.1 Å². The van der Waals surface area contributed by atoms with Crippen LogP contribution < -0.4 is 0 Å². The van der Waals surface area contributed by atoms with Gasteiger partial charge in [0, 0.05) is 18.6 Å². The van der Waals surface area contributed by atoms with Crippen molar-refractivity contribution in [3.63, 3.8) is 0 Å². The van der Waals surface area contributed by atoms with Gasteiger partial charge in [-0.25, -0.2) is 0 Å². The number of aliphatic hydroxyl groups is 1. The molecule has 0 amide bonds. The van der Waals surface area contributed by atoms with E-state index in [-0.39, 0.29) is 6.61 Å². The average Bonchev–Trinajstić information content (AvgIpc) is 2.49. The van der Waals surface area contributed by atoms with Crippen LogP contribution in [0.3, 0.4) is 0 Å². The Morgan fingerprint density at radius 2 is 1.70 bits per heavy atom. The van der Waals surface area contributed by atoms with E-state index in [4.69, 9.17) is 5.11 Å². The summed E-state index contributed by atoms with van der Waals surface area (Å²) in [5.41, 5.74) is 3.58. The van der Waals surface area contributed by atoms with Gasteiger partial charge in [0.25, 0.3) is 0 Å². The lowest BCUT2D eigenvalue weighted by atomic mass is 9.92. The van der Waals surface area contributed by atoms with Gasteiger partial charge in [-0.1, -0.05) is 61.2 Å². The van der Waals surface area contributed by atoms with E-state index in [2.05, 4.69) is 37.0 Å². The van der Waals surface area contributed by atoms with Gasteiger partial charge in [0.1, 0.15) is 0 Å². The smallest absolute Gasteiger partial charge is 0.0471 e. The van der Waals surface area contributed by atoms with Crippen LogP contribution in [-0.2, 0) is 6.42 Å². The molecule has 1 nitrogen and oxygen atoms in total. The number of rotatable bonds is 4. The minimum Gasteiger partial charge on any atom is -0.396 e. The van der Waals surface area contributed by atoms with Gasteiger partial charge in [-0.15, -0.1) is 0 Å². The fourth-order valence-corrected chi connectivity index (χ4v) is 2.30. The molecule has 0 aromatic heterocycles. The van der Waals surface area contributed by atoms with Crippen molar-refractivity contribution in [2.75, 3.05) is 6.61 Å². The molecule has 0 aliphatic rings. The summed E-state index contributed by atoms with van der Waals surface area (Å²) in [6.07, 6.45) is 1.55. The quantitative estimate of drug-likeness (QED) is 0.833. The first-order valence-corrected chi connectivity index (χ1v) is 7.04. The average molecular weight is 264 g/mol. The standard InChI is InChI=1S/C19H20O/c1-16(8-7-11-17-9-3-2-4-10-17)19-13-6-5-12-18(19)14-15-20/h2-6,9-10,12-13,16,20H,8,14-15H2,1H3. The second kappa shape index (κ2) is 7.53. The number of aliphatic hydroxyl groups excluding tert-OH is 1. The molecule has 2 rings (SSSR count). The van der Waals surface area contributed by atoms with Crippen LogP contribution in [-0.4, -0.2) is 11.7 Å². The third-order valence-corrected chi connectivity index (χ3v) is 3.38. The second-order valence-electron chi connectivity index (χ2n) is 4.95. The Morgan fingerprint density at radius 3 is 2.45 bits per heavy atom. The fraction of sp³-hybridized carbons (Fsp3) is 0.263. The highest BCUT2D eigenvalue weighted by molar-refractivity contribution is 5.35. The Bertz CT molecular complexity index is 590. The Morgan fingerprint density at radius 1 is 1.00 bits per heavy atom. The molecule has 0 aliphatic heterocycles. The molecule has 0 radical (unpaired) electrons. The SMILES string of the molecule is CC(CC#Cc1ccccc1)c1ccccc1CCO. The monoisotopic (exact) mass is 264 g/mol. The summed E-state index contributed by atoms with van der Waals surface area (Å²) in [4.78, 5) is 0. The van der Waals surface area contributed by atoms with Crippen LogP contribution in [0, 0.1) is 11.8 Å². The van der Waals surface area contributed by atoms with Crippen molar-refractivity contribution in [2.45, 2.75) is 25.7 Å². The fourth-order valence-electron chi connectivity index (χ4n) is 2.30. The van der Waals surface area contributed by atoms with E-state index < -0.39 is 0 Å². The minimum atomic E-state index is 0.194. The zero-order valence-electron chi connectivity index (χ0n) is 11.8. The van der Waals surface area contributed by atoms with Crippen molar-refractivity contribution < 1.29 is 5.11 Å². The van der Waals surface area contributed by atoms with Crippen LogP contribution >= 0.6 is 0 Å². The third-order valence-electron chi connectivity index (χ3n) is 3.38. The summed E-state index contributed by atoms with van der Waals surface area (Å²) in [6.45, 7) is 2.38. The van der Waals surface area contributed by atoms with Gasteiger partial charge in [0.2, 0.25) is 0 Å². The van der Waals surface area contributed by atoms with Crippen molar-refractivity contribution in [2.24, 2.45) is 0 Å². The predicted octanol–water partition coefficient (Wildman–Crippen LogP) is 3.77. The molecule has 1 heteroatoms. The Hall–Kier alpha value is -2.04. The lowest BCUT2D eigenvalue weighted by Crippen LogP contribution is -2.01. The number of hydrogen-bond donors (Lipinski definition) is 1. The predicted molar refractivity (Wildman–Crippen MR) is 83.6 cm³/mol. The van der Waals surface area contributed by atoms with Gasteiger partial charge in [0.05, 0.1) is 0 Å². The summed E-state index contributed by atoms with van der Waals surface area (Å²) < 4.78 is 0. The summed E-state index contributed by atoms with van der Waals surface area (Å²) >= 11 is 0. The molecule has 0 saturated carbocycles. The van der Waals surface area contributed by atoms with Crippen LogP contribution in [0.25, 0.3) is 0 Å². The van der Waals surface area contributed by atoms with E-state index in [0.29, 0.717) is 12.3 Å². The maximum absolute atomic E-state index is 9.12. The molecule has 0 aliphatic carbocycles. The highest BCUT2D eigenvalue weighted by atomic mass is 16.2. The first-order chi connectivity index (χ1) is 9.81. The van der Waals surface area contributed by atoms with Crippen LogP contribution in [0.4, 0.5) is 0 Å². The minimum absolute atomic E-state index is 0.194.